The number of nitrogens with zero attached hydrogens (tertiary/aromatic N) is 4. The third-order valence-corrected chi connectivity index (χ3v) is 11.4. The number of carbonyl (C=O) groups is 2. The molecule has 9 nitrogen and oxygen atoms in total. The fraction of sp³-hybridized carbons (Fsp3) is 0.520. The highest BCUT2D eigenvalue weighted by Gasteiger charge is 2.24. The number of amides is 2. The maximum atomic E-state index is 14.3. The largest absolute Gasteiger partial charge is 0.506 e. The third kappa shape index (κ3) is 13.8. The lowest BCUT2D eigenvalue weighted by atomic mass is 10.0. The van der Waals surface area contributed by atoms with E-state index in [1.807, 2.05) is 66.7 Å². The molecule has 5 rings (SSSR count). The number of phenols is 1. The molecule has 0 fully saturated rings. The van der Waals surface area contributed by atoms with E-state index in [1.54, 1.807) is 17.0 Å². The molecule has 0 aliphatic carbocycles. The van der Waals surface area contributed by atoms with E-state index in [1.165, 1.54) is 114 Å². The first-order chi connectivity index (χ1) is 29.0. The van der Waals surface area contributed by atoms with Gasteiger partial charge >= 0.3 is 6.03 Å². The van der Waals surface area contributed by atoms with Crippen LogP contribution in [0.4, 0.5) is 16.2 Å². The average Bonchev–Trinajstić information content (AvgIpc) is 3.69. The molecule has 2 N–H and O–H groups in total. The molecule has 0 saturated carbocycles. The summed E-state index contributed by atoms with van der Waals surface area (Å²) in [5.74, 6) is 0.0196. The van der Waals surface area contributed by atoms with Gasteiger partial charge in [-0.2, -0.15) is 4.68 Å². The van der Waals surface area contributed by atoms with Crippen molar-refractivity contribution in [1.82, 2.24) is 15.0 Å². The predicted molar refractivity (Wildman–Crippen MR) is 244 cm³/mol. The van der Waals surface area contributed by atoms with Gasteiger partial charge in [0.15, 0.2) is 0 Å². The highest BCUT2D eigenvalue weighted by atomic mass is 16.5. The van der Waals surface area contributed by atoms with Gasteiger partial charge in [0.25, 0.3) is 5.91 Å². The second-order valence-corrected chi connectivity index (χ2v) is 16.1. The van der Waals surface area contributed by atoms with Crippen molar-refractivity contribution < 1.29 is 19.4 Å². The molecule has 0 atom stereocenters. The summed E-state index contributed by atoms with van der Waals surface area (Å²) >= 11 is 0. The Bertz CT molecular complexity index is 2010. The van der Waals surface area contributed by atoms with Crippen molar-refractivity contribution in [1.29, 1.82) is 0 Å². The zero-order chi connectivity index (χ0) is 41.5. The van der Waals surface area contributed by atoms with Crippen LogP contribution in [0.1, 0.15) is 165 Å². The lowest BCUT2D eigenvalue weighted by Gasteiger charge is -2.24. The lowest BCUT2D eigenvalue weighted by molar-refractivity contribution is 0.102. The molecule has 4 aromatic carbocycles. The van der Waals surface area contributed by atoms with Crippen molar-refractivity contribution >= 4 is 45.1 Å². The Morgan fingerprint density at radius 3 is 1.86 bits per heavy atom. The molecule has 9 heteroatoms. The third-order valence-electron chi connectivity index (χ3n) is 11.4. The Balaban J connectivity index is 1.20. The minimum Gasteiger partial charge on any atom is -0.506 e. The molecule has 0 unspecified atom stereocenters. The number of aromatic nitrogens is 3. The topological polar surface area (TPSA) is 110 Å². The molecule has 59 heavy (non-hydrogen) atoms. The number of rotatable bonds is 28. The predicted octanol–water partition coefficient (Wildman–Crippen LogP) is 14.0. The van der Waals surface area contributed by atoms with Crippen LogP contribution in [-0.4, -0.2) is 45.2 Å². The highest BCUT2D eigenvalue weighted by Crippen LogP contribution is 2.36. The smallest absolute Gasteiger partial charge is 0.351 e. The number of benzene rings is 4. The number of hydrogen-bond acceptors (Lipinski definition) is 6. The summed E-state index contributed by atoms with van der Waals surface area (Å²) in [6, 6.07) is 23.5. The summed E-state index contributed by atoms with van der Waals surface area (Å²) in [5.41, 5.74) is 2.60. The van der Waals surface area contributed by atoms with E-state index in [0.717, 1.165) is 32.1 Å². The number of fused-ring (bicyclic) bond motifs is 2. The Labute approximate surface area is 352 Å². The molecule has 0 saturated heterocycles. The number of para-hydroxylation sites is 3. The van der Waals surface area contributed by atoms with Crippen LogP contribution in [0.5, 0.6) is 11.5 Å². The maximum Gasteiger partial charge on any atom is 0.351 e. The fourth-order valence-electron chi connectivity index (χ4n) is 7.96. The van der Waals surface area contributed by atoms with Gasteiger partial charge in [-0.1, -0.05) is 190 Å². The molecule has 1 aromatic heterocycles. The quantitative estimate of drug-likeness (QED) is 0.0487. The number of unbranched alkanes of at least 4 members (excludes halogenated alkanes) is 20. The van der Waals surface area contributed by atoms with Gasteiger partial charge in [0.1, 0.15) is 17.0 Å². The highest BCUT2D eigenvalue weighted by molar-refractivity contribution is 6.13. The van der Waals surface area contributed by atoms with Gasteiger partial charge in [0, 0.05) is 17.3 Å². The van der Waals surface area contributed by atoms with Gasteiger partial charge in [-0.15, -0.1) is 5.10 Å². The first-order valence-electron chi connectivity index (χ1n) is 22.9. The van der Waals surface area contributed by atoms with E-state index in [9.17, 15) is 14.7 Å². The van der Waals surface area contributed by atoms with Crippen molar-refractivity contribution in [2.45, 2.75) is 155 Å². The Morgan fingerprint density at radius 2 is 1.20 bits per heavy atom. The van der Waals surface area contributed by atoms with Gasteiger partial charge in [-0.3, -0.25) is 9.69 Å². The van der Waals surface area contributed by atoms with Crippen LogP contribution in [0.2, 0.25) is 0 Å². The minimum absolute atomic E-state index is 0.139. The van der Waals surface area contributed by atoms with Crippen molar-refractivity contribution in [3.8, 4) is 11.5 Å². The number of aromatic hydroxyl groups is 1. The van der Waals surface area contributed by atoms with E-state index in [0.29, 0.717) is 52.1 Å². The summed E-state index contributed by atoms with van der Waals surface area (Å²) < 4.78 is 7.49. The van der Waals surface area contributed by atoms with Gasteiger partial charge in [0.2, 0.25) is 0 Å². The van der Waals surface area contributed by atoms with Crippen LogP contribution < -0.4 is 15.0 Å². The van der Waals surface area contributed by atoms with Crippen molar-refractivity contribution in [3.63, 3.8) is 0 Å². The molecular weight excluding hydrogens is 735 g/mol. The molecule has 5 aromatic rings. The minimum atomic E-state index is -0.441. The lowest BCUT2D eigenvalue weighted by Crippen LogP contribution is -2.36. The van der Waals surface area contributed by atoms with E-state index in [2.05, 4.69) is 29.5 Å². The maximum absolute atomic E-state index is 14.3. The van der Waals surface area contributed by atoms with Crippen molar-refractivity contribution in [3.05, 3.63) is 84.4 Å². The Kier molecular flexibility index (Phi) is 19.6. The standard InChI is InChI=1S/C50H69N5O4/c1-3-5-7-9-11-13-15-16-18-20-22-28-39-59-47-35-26-24-32-44(47)51-49(57)42-37-36-40-41(48(42)56)30-29-34-45(40)54(38-27-21-19-17-14-12-10-8-6-4-2)50(58)55-46-33-25-23-31-43(46)52-53-55/h23-26,29-37,56H,3-22,27-28,38-39H2,1-2H3,(H,51,57). The number of nitrogens with one attached hydrogen (secondary N) is 1. The number of ether oxygens (including phenoxy) is 1. The SMILES string of the molecule is CCCCCCCCCCCCCCOc1ccccc1NC(=O)c1ccc2c(N(CCCCCCCCCCCC)C(=O)n3nnc4ccccc43)cccc2c1O. The van der Waals surface area contributed by atoms with Crippen LogP contribution in [0.25, 0.3) is 21.8 Å². The van der Waals surface area contributed by atoms with E-state index in [4.69, 9.17) is 4.74 Å². The van der Waals surface area contributed by atoms with Gasteiger partial charge in [0.05, 0.1) is 29.1 Å². The molecule has 2 amide bonds. The molecule has 0 bridgehead atoms. The van der Waals surface area contributed by atoms with Gasteiger partial charge < -0.3 is 15.2 Å². The van der Waals surface area contributed by atoms with Crippen LogP contribution in [0, 0.1) is 0 Å². The van der Waals surface area contributed by atoms with E-state index < -0.39 is 5.91 Å². The molecule has 1 heterocycles. The first kappa shape index (κ1) is 45.2. The fourth-order valence-corrected chi connectivity index (χ4v) is 7.96. The Hall–Kier alpha value is -4.92. The second-order valence-electron chi connectivity index (χ2n) is 16.1. The normalized spacial score (nSPS) is 11.4. The molecule has 0 aliphatic heterocycles. The summed E-state index contributed by atoms with van der Waals surface area (Å²) in [6.45, 7) is 5.56. The number of carbonyl (C=O) groups excluding carboxylic acids is 2. The molecule has 0 radical (unpaired) electrons. The second kappa shape index (κ2) is 25.5. The zero-order valence-corrected chi connectivity index (χ0v) is 35.9. The first-order valence-corrected chi connectivity index (χ1v) is 22.9. The van der Waals surface area contributed by atoms with E-state index in [-0.39, 0.29) is 17.3 Å². The van der Waals surface area contributed by atoms with Crippen LogP contribution in [-0.2, 0) is 0 Å². The van der Waals surface area contributed by atoms with Crippen molar-refractivity contribution in [2.75, 3.05) is 23.4 Å². The number of phenolic OH excluding ortho intramolecular Hbond substituents is 1. The average molecular weight is 804 g/mol. The summed E-state index contributed by atoms with van der Waals surface area (Å²) in [6.07, 6.45) is 27.2. The summed E-state index contributed by atoms with van der Waals surface area (Å²) in [5, 5.41) is 24.2. The van der Waals surface area contributed by atoms with Crippen LogP contribution >= 0.6 is 0 Å². The number of hydrogen-bond donors (Lipinski definition) is 2. The molecule has 0 aliphatic rings. The zero-order valence-electron chi connectivity index (χ0n) is 35.9. The van der Waals surface area contributed by atoms with Crippen molar-refractivity contribution in [2.24, 2.45) is 0 Å². The Morgan fingerprint density at radius 1 is 0.627 bits per heavy atom. The summed E-state index contributed by atoms with van der Waals surface area (Å²) in [4.78, 5) is 29.8. The summed E-state index contributed by atoms with van der Waals surface area (Å²) in [7, 11) is 0. The van der Waals surface area contributed by atoms with Crippen LogP contribution in [0.3, 0.4) is 0 Å². The van der Waals surface area contributed by atoms with Gasteiger partial charge in [-0.05, 0) is 49.2 Å². The molecule has 318 valence electrons. The monoisotopic (exact) mass is 804 g/mol. The number of anilines is 2. The van der Waals surface area contributed by atoms with E-state index >= 15 is 0 Å². The van der Waals surface area contributed by atoms with Crippen LogP contribution in [0.15, 0.2) is 78.9 Å². The molecular formula is C50H69N5O4. The molecule has 0 spiro atoms. The van der Waals surface area contributed by atoms with Gasteiger partial charge in [-0.25, -0.2) is 4.79 Å².